The molecule has 3 amide bonds. The Morgan fingerprint density at radius 3 is 2.28 bits per heavy atom. The maximum atomic E-state index is 12.1. The second-order valence-corrected chi connectivity index (χ2v) is 6.58. The summed E-state index contributed by atoms with van der Waals surface area (Å²) in [5.41, 5.74) is 3.18. The van der Waals surface area contributed by atoms with Crippen molar-refractivity contribution in [3.63, 3.8) is 0 Å². The molecule has 1 heterocycles. The van der Waals surface area contributed by atoms with Crippen LogP contribution in [0.15, 0.2) is 73.1 Å². The Morgan fingerprint density at radius 2 is 1.66 bits per heavy atom. The number of hydrogen-bond donors (Lipinski definition) is 3. The number of carbonyl (C=O) groups excluding carboxylic acids is 2. The number of hydrogen-bond acceptors (Lipinski definition) is 3. The summed E-state index contributed by atoms with van der Waals surface area (Å²) in [7, 11) is 1.82. The Kier molecular flexibility index (Phi) is 6.42. The second-order valence-electron chi connectivity index (χ2n) is 6.58. The average molecular weight is 389 g/mol. The van der Waals surface area contributed by atoms with E-state index in [9.17, 15) is 9.59 Å². The van der Waals surface area contributed by atoms with Crippen LogP contribution in [-0.4, -0.2) is 21.7 Å². The first-order valence-corrected chi connectivity index (χ1v) is 9.20. The van der Waals surface area contributed by atoms with Gasteiger partial charge < -0.3 is 16.0 Å². The second kappa shape index (κ2) is 9.36. The summed E-state index contributed by atoms with van der Waals surface area (Å²) >= 11 is 0. The Morgan fingerprint density at radius 1 is 1.00 bits per heavy atom. The highest BCUT2D eigenvalue weighted by Gasteiger charge is 2.08. The molecular formula is C22H23N5O2. The minimum Gasteiger partial charge on any atom is -0.346 e. The van der Waals surface area contributed by atoms with E-state index in [1.807, 2.05) is 62.6 Å². The molecule has 0 radical (unpaired) electrons. The molecule has 0 saturated carbocycles. The fourth-order valence-corrected chi connectivity index (χ4v) is 2.71. The van der Waals surface area contributed by atoms with Crippen LogP contribution in [0.25, 0.3) is 6.08 Å². The lowest BCUT2D eigenvalue weighted by molar-refractivity contribution is -0.117. The maximum absolute atomic E-state index is 12.1. The first kappa shape index (κ1) is 19.9. The number of benzene rings is 2. The highest BCUT2D eigenvalue weighted by molar-refractivity contribution is 5.99. The van der Waals surface area contributed by atoms with E-state index < -0.39 is 0 Å². The van der Waals surface area contributed by atoms with Gasteiger partial charge in [-0.15, -0.1) is 0 Å². The van der Waals surface area contributed by atoms with Crippen molar-refractivity contribution in [1.29, 1.82) is 0 Å². The van der Waals surface area contributed by atoms with Gasteiger partial charge in [-0.05, 0) is 42.8 Å². The molecule has 7 nitrogen and oxygen atoms in total. The van der Waals surface area contributed by atoms with Gasteiger partial charge >= 0.3 is 6.03 Å². The van der Waals surface area contributed by atoms with Crippen LogP contribution in [-0.2, 0) is 11.8 Å². The molecule has 29 heavy (non-hydrogen) atoms. The summed E-state index contributed by atoms with van der Waals surface area (Å²) in [5, 5.41) is 12.5. The van der Waals surface area contributed by atoms with Crippen LogP contribution in [0.1, 0.15) is 24.1 Å². The molecule has 3 aromatic rings. The van der Waals surface area contributed by atoms with Crippen molar-refractivity contribution in [2.75, 3.05) is 10.6 Å². The Bertz CT molecular complexity index is 994. The van der Waals surface area contributed by atoms with E-state index in [1.165, 1.54) is 6.08 Å². The molecule has 3 rings (SSSR count). The van der Waals surface area contributed by atoms with Crippen LogP contribution in [0.4, 0.5) is 16.2 Å². The molecule has 0 aliphatic heterocycles. The standard InChI is InChI=1S/C22H23N5O2/c1-16(24-21(28)13-8-17-14-23-27(2)15-17)18-9-11-20(12-10-18)26-22(29)25-19-6-4-3-5-7-19/h3-16H,1-2H3,(H,24,28)(H2,25,26,29). The third-order valence-corrected chi connectivity index (χ3v) is 4.21. The van der Waals surface area contributed by atoms with Gasteiger partial charge in [-0.1, -0.05) is 30.3 Å². The maximum Gasteiger partial charge on any atom is 0.323 e. The topological polar surface area (TPSA) is 88.1 Å². The van der Waals surface area contributed by atoms with Crippen molar-refractivity contribution in [3.05, 3.63) is 84.2 Å². The number of urea groups is 1. The van der Waals surface area contributed by atoms with Crippen molar-refractivity contribution >= 4 is 29.4 Å². The summed E-state index contributed by atoms with van der Waals surface area (Å²) in [6.07, 6.45) is 6.71. The van der Waals surface area contributed by atoms with Gasteiger partial charge in [0.05, 0.1) is 12.2 Å². The zero-order valence-corrected chi connectivity index (χ0v) is 16.3. The summed E-state index contributed by atoms with van der Waals surface area (Å²) in [6.45, 7) is 1.90. The number of nitrogens with one attached hydrogen (secondary N) is 3. The van der Waals surface area contributed by atoms with Crippen LogP contribution >= 0.6 is 0 Å². The Hall–Kier alpha value is -3.87. The molecule has 1 unspecified atom stereocenters. The molecular weight excluding hydrogens is 366 g/mol. The number of amides is 3. The quantitative estimate of drug-likeness (QED) is 0.558. The SMILES string of the molecule is CC(NC(=O)C=Cc1cnn(C)c1)c1ccc(NC(=O)Nc2ccccc2)cc1. The first-order valence-electron chi connectivity index (χ1n) is 9.20. The van der Waals surface area contributed by atoms with Crippen LogP contribution in [0.3, 0.4) is 0 Å². The number of anilines is 2. The summed E-state index contributed by atoms with van der Waals surface area (Å²) in [4.78, 5) is 24.1. The normalized spacial score (nSPS) is 11.8. The molecule has 1 aromatic heterocycles. The molecule has 0 aliphatic carbocycles. The smallest absolute Gasteiger partial charge is 0.323 e. The lowest BCUT2D eigenvalue weighted by atomic mass is 10.1. The lowest BCUT2D eigenvalue weighted by Crippen LogP contribution is -2.24. The molecule has 1 atom stereocenters. The molecule has 2 aromatic carbocycles. The number of aromatic nitrogens is 2. The van der Waals surface area contributed by atoms with E-state index in [1.54, 1.807) is 29.1 Å². The van der Waals surface area contributed by atoms with Crippen LogP contribution in [0.5, 0.6) is 0 Å². The Labute approximate surface area is 169 Å². The molecule has 148 valence electrons. The fourth-order valence-electron chi connectivity index (χ4n) is 2.71. The van der Waals surface area contributed by atoms with Gasteiger partial charge in [0.15, 0.2) is 0 Å². The van der Waals surface area contributed by atoms with E-state index in [2.05, 4.69) is 21.0 Å². The average Bonchev–Trinajstić information content (AvgIpc) is 3.13. The molecule has 0 fully saturated rings. The number of nitrogens with zero attached hydrogens (tertiary/aromatic N) is 2. The van der Waals surface area contributed by atoms with Gasteiger partial charge in [-0.25, -0.2) is 4.79 Å². The summed E-state index contributed by atoms with van der Waals surface area (Å²) < 4.78 is 1.68. The van der Waals surface area contributed by atoms with Crippen LogP contribution in [0.2, 0.25) is 0 Å². The predicted molar refractivity (Wildman–Crippen MR) is 114 cm³/mol. The van der Waals surface area contributed by atoms with Crippen molar-refractivity contribution < 1.29 is 9.59 Å². The van der Waals surface area contributed by atoms with Gasteiger partial charge in [-0.2, -0.15) is 5.10 Å². The van der Waals surface area contributed by atoms with Crippen LogP contribution in [0, 0.1) is 0 Å². The monoisotopic (exact) mass is 389 g/mol. The summed E-state index contributed by atoms with van der Waals surface area (Å²) in [6, 6.07) is 16.1. The zero-order chi connectivity index (χ0) is 20.6. The number of rotatable bonds is 6. The minimum absolute atomic E-state index is 0.173. The van der Waals surface area contributed by atoms with Crippen molar-refractivity contribution in [3.8, 4) is 0 Å². The highest BCUT2D eigenvalue weighted by atomic mass is 16.2. The summed E-state index contributed by atoms with van der Waals surface area (Å²) in [5.74, 6) is -0.189. The van der Waals surface area contributed by atoms with Crippen molar-refractivity contribution in [1.82, 2.24) is 15.1 Å². The predicted octanol–water partition coefficient (Wildman–Crippen LogP) is 3.95. The fraction of sp³-hybridized carbons (Fsp3) is 0.136. The van der Waals surface area contributed by atoms with E-state index in [-0.39, 0.29) is 18.0 Å². The van der Waals surface area contributed by atoms with Crippen LogP contribution < -0.4 is 16.0 Å². The lowest BCUT2D eigenvalue weighted by Gasteiger charge is -2.14. The van der Waals surface area contributed by atoms with Crippen molar-refractivity contribution in [2.45, 2.75) is 13.0 Å². The molecule has 7 heteroatoms. The Balaban J connectivity index is 1.51. The third-order valence-electron chi connectivity index (χ3n) is 4.21. The van der Waals surface area contributed by atoms with E-state index >= 15 is 0 Å². The van der Waals surface area contributed by atoms with Gasteiger partial charge in [-0.3, -0.25) is 9.48 Å². The number of para-hydroxylation sites is 1. The van der Waals surface area contributed by atoms with E-state index in [4.69, 9.17) is 0 Å². The molecule has 0 aliphatic rings. The van der Waals surface area contributed by atoms with Gasteiger partial charge in [0.2, 0.25) is 5.91 Å². The molecule has 0 spiro atoms. The van der Waals surface area contributed by atoms with Crippen molar-refractivity contribution in [2.24, 2.45) is 7.05 Å². The third kappa shape index (κ3) is 6.07. The molecule has 0 bridgehead atoms. The minimum atomic E-state index is -0.314. The zero-order valence-electron chi connectivity index (χ0n) is 16.3. The van der Waals surface area contributed by atoms with Gasteiger partial charge in [0.25, 0.3) is 0 Å². The number of aryl methyl sites for hydroxylation is 1. The largest absolute Gasteiger partial charge is 0.346 e. The molecule has 0 saturated heterocycles. The van der Waals surface area contributed by atoms with E-state index in [0.29, 0.717) is 5.69 Å². The van der Waals surface area contributed by atoms with Gasteiger partial charge in [0.1, 0.15) is 0 Å². The van der Waals surface area contributed by atoms with Gasteiger partial charge in [0, 0.05) is 36.3 Å². The van der Waals surface area contributed by atoms with E-state index in [0.717, 1.165) is 16.8 Å². The highest BCUT2D eigenvalue weighted by Crippen LogP contribution is 2.16. The first-order chi connectivity index (χ1) is 14.0. The molecule has 3 N–H and O–H groups in total. The number of carbonyl (C=O) groups is 2.